The summed E-state index contributed by atoms with van der Waals surface area (Å²) in [6.45, 7) is 5.21. The molecule has 1 aliphatic heterocycles. The Labute approximate surface area is 94.3 Å². The van der Waals surface area contributed by atoms with Crippen LogP contribution < -0.4 is 10.2 Å². The average Bonchev–Trinajstić information content (AvgIpc) is 2.76. The zero-order chi connectivity index (χ0) is 11.0. The highest BCUT2D eigenvalue weighted by Crippen LogP contribution is 2.25. The van der Waals surface area contributed by atoms with Gasteiger partial charge < -0.3 is 14.6 Å². The van der Waals surface area contributed by atoms with E-state index < -0.39 is 0 Å². The van der Waals surface area contributed by atoms with Crippen molar-refractivity contribution in [3.8, 4) is 0 Å². The largest absolute Gasteiger partial charge is 0.464 e. The molecule has 2 aromatic rings. The maximum atomic E-state index is 5.39. The summed E-state index contributed by atoms with van der Waals surface area (Å²) in [5.41, 5.74) is 0.913. The Morgan fingerprint density at radius 1 is 1.50 bits per heavy atom. The van der Waals surface area contributed by atoms with Crippen molar-refractivity contribution in [2.24, 2.45) is 0 Å². The Bertz CT molecular complexity index is 494. The number of anilines is 1. The lowest BCUT2D eigenvalue weighted by atomic mass is 10.2. The Morgan fingerprint density at radius 3 is 3.31 bits per heavy atom. The zero-order valence-corrected chi connectivity index (χ0v) is 9.31. The van der Waals surface area contributed by atoms with Gasteiger partial charge in [-0.25, -0.2) is 4.98 Å². The number of piperazine rings is 1. The first kappa shape index (κ1) is 9.66. The van der Waals surface area contributed by atoms with Crippen LogP contribution in [0.1, 0.15) is 6.92 Å². The third kappa shape index (κ3) is 1.55. The number of rotatable bonds is 1. The average molecular weight is 217 g/mol. The molecule has 0 aromatic carbocycles. The molecular formula is C12H15N3O. The van der Waals surface area contributed by atoms with E-state index in [1.54, 1.807) is 6.26 Å². The molecule has 3 rings (SSSR count). The van der Waals surface area contributed by atoms with Gasteiger partial charge in [-0.1, -0.05) is 0 Å². The van der Waals surface area contributed by atoms with Gasteiger partial charge >= 0.3 is 0 Å². The van der Waals surface area contributed by atoms with Crippen molar-refractivity contribution < 1.29 is 4.42 Å². The van der Waals surface area contributed by atoms with Crippen LogP contribution in [0.15, 0.2) is 29.0 Å². The molecule has 0 bridgehead atoms. The highest BCUT2D eigenvalue weighted by molar-refractivity contribution is 5.88. The maximum Gasteiger partial charge on any atom is 0.139 e. The first-order valence-electron chi connectivity index (χ1n) is 5.65. The summed E-state index contributed by atoms with van der Waals surface area (Å²) in [6.07, 6.45) is 3.54. The lowest BCUT2D eigenvalue weighted by molar-refractivity contribution is 0.483. The van der Waals surface area contributed by atoms with Gasteiger partial charge in [0, 0.05) is 31.9 Å². The molecule has 0 amide bonds. The number of furan rings is 1. The summed E-state index contributed by atoms with van der Waals surface area (Å²) in [7, 11) is 0. The molecule has 1 aliphatic rings. The molecule has 4 nitrogen and oxygen atoms in total. The fourth-order valence-corrected chi connectivity index (χ4v) is 2.26. The van der Waals surface area contributed by atoms with E-state index in [1.807, 2.05) is 18.3 Å². The molecular weight excluding hydrogens is 202 g/mol. The van der Waals surface area contributed by atoms with Crippen molar-refractivity contribution in [1.29, 1.82) is 0 Å². The molecule has 1 N–H and O–H groups in total. The van der Waals surface area contributed by atoms with Crippen LogP contribution in [-0.4, -0.2) is 30.7 Å². The lowest BCUT2D eigenvalue weighted by Gasteiger charge is -2.32. The van der Waals surface area contributed by atoms with Gasteiger partial charge in [-0.2, -0.15) is 0 Å². The molecule has 84 valence electrons. The minimum atomic E-state index is 0.512. The van der Waals surface area contributed by atoms with Gasteiger partial charge in [0.2, 0.25) is 0 Å². The highest BCUT2D eigenvalue weighted by atomic mass is 16.3. The molecule has 1 saturated heterocycles. The predicted molar refractivity (Wildman–Crippen MR) is 63.7 cm³/mol. The molecule has 1 atom stereocenters. The normalized spacial score (nSPS) is 21.6. The SMILES string of the molecule is C[C@@H]1CN(c2nccc3occc23)CCN1. The van der Waals surface area contributed by atoms with Crippen LogP contribution >= 0.6 is 0 Å². The van der Waals surface area contributed by atoms with Crippen LogP contribution in [0.4, 0.5) is 5.82 Å². The van der Waals surface area contributed by atoms with E-state index in [0.29, 0.717) is 6.04 Å². The van der Waals surface area contributed by atoms with E-state index in [-0.39, 0.29) is 0 Å². The van der Waals surface area contributed by atoms with Gasteiger partial charge in [-0.05, 0) is 19.1 Å². The quantitative estimate of drug-likeness (QED) is 0.788. The number of fused-ring (bicyclic) bond motifs is 1. The van der Waals surface area contributed by atoms with Crippen LogP contribution in [-0.2, 0) is 0 Å². The Hall–Kier alpha value is -1.55. The van der Waals surface area contributed by atoms with Gasteiger partial charge in [0.15, 0.2) is 0 Å². The summed E-state index contributed by atoms with van der Waals surface area (Å²) >= 11 is 0. The summed E-state index contributed by atoms with van der Waals surface area (Å²) < 4.78 is 5.39. The first-order valence-corrected chi connectivity index (χ1v) is 5.65. The van der Waals surface area contributed by atoms with E-state index in [4.69, 9.17) is 4.42 Å². The van der Waals surface area contributed by atoms with Gasteiger partial charge in [0.1, 0.15) is 11.4 Å². The third-order valence-corrected chi connectivity index (χ3v) is 3.03. The molecule has 3 heterocycles. The molecule has 2 aromatic heterocycles. The summed E-state index contributed by atoms with van der Waals surface area (Å²) in [6, 6.07) is 4.41. The van der Waals surface area contributed by atoms with Crippen molar-refractivity contribution in [2.45, 2.75) is 13.0 Å². The molecule has 0 radical (unpaired) electrons. The van der Waals surface area contributed by atoms with Gasteiger partial charge in [-0.15, -0.1) is 0 Å². The van der Waals surface area contributed by atoms with Crippen molar-refractivity contribution in [2.75, 3.05) is 24.5 Å². The Morgan fingerprint density at radius 2 is 2.44 bits per heavy atom. The van der Waals surface area contributed by atoms with E-state index in [2.05, 4.69) is 22.1 Å². The standard InChI is InChI=1S/C12H15N3O/c1-9-8-15(6-5-13-9)12-10-3-7-16-11(10)2-4-14-12/h2-4,7,9,13H,5-6,8H2,1H3/t9-/m1/s1. The zero-order valence-electron chi connectivity index (χ0n) is 9.31. The number of nitrogens with zero attached hydrogens (tertiary/aromatic N) is 2. The molecule has 0 aliphatic carbocycles. The maximum absolute atomic E-state index is 5.39. The minimum Gasteiger partial charge on any atom is -0.464 e. The molecule has 16 heavy (non-hydrogen) atoms. The van der Waals surface area contributed by atoms with E-state index in [9.17, 15) is 0 Å². The van der Waals surface area contributed by atoms with Crippen molar-refractivity contribution in [3.63, 3.8) is 0 Å². The monoisotopic (exact) mass is 217 g/mol. The second kappa shape index (κ2) is 3.79. The highest BCUT2D eigenvalue weighted by Gasteiger charge is 2.19. The Balaban J connectivity index is 2.01. The lowest BCUT2D eigenvalue weighted by Crippen LogP contribution is -2.49. The number of aromatic nitrogens is 1. The summed E-state index contributed by atoms with van der Waals surface area (Å²) in [5.74, 6) is 1.04. The van der Waals surface area contributed by atoms with Crippen LogP contribution in [0.2, 0.25) is 0 Å². The van der Waals surface area contributed by atoms with Crippen molar-refractivity contribution >= 4 is 16.8 Å². The van der Waals surface area contributed by atoms with Crippen LogP contribution in [0.25, 0.3) is 11.0 Å². The van der Waals surface area contributed by atoms with E-state index in [0.717, 1.165) is 36.4 Å². The Kier molecular flexibility index (Phi) is 2.29. The predicted octanol–water partition coefficient (Wildman–Crippen LogP) is 1.63. The van der Waals surface area contributed by atoms with Gasteiger partial charge in [0.25, 0.3) is 0 Å². The van der Waals surface area contributed by atoms with Crippen LogP contribution in [0.5, 0.6) is 0 Å². The van der Waals surface area contributed by atoms with E-state index in [1.165, 1.54) is 0 Å². The van der Waals surface area contributed by atoms with Crippen LogP contribution in [0, 0.1) is 0 Å². The fourth-order valence-electron chi connectivity index (χ4n) is 2.26. The van der Waals surface area contributed by atoms with Gasteiger partial charge in [0.05, 0.1) is 11.6 Å². The fraction of sp³-hybridized carbons (Fsp3) is 0.417. The third-order valence-electron chi connectivity index (χ3n) is 3.03. The molecule has 1 fully saturated rings. The molecule has 4 heteroatoms. The first-order chi connectivity index (χ1) is 7.84. The number of hydrogen-bond acceptors (Lipinski definition) is 4. The minimum absolute atomic E-state index is 0.512. The molecule has 0 spiro atoms. The second-order valence-electron chi connectivity index (χ2n) is 4.27. The second-order valence-corrected chi connectivity index (χ2v) is 4.27. The van der Waals surface area contributed by atoms with E-state index >= 15 is 0 Å². The van der Waals surface area contributed by atoms with Crippen LogP contribution in [0.3, 0.4) is 0 Å². The smallest absolute Gasteiger partial charge is 0.139 e. The topological polar surface area (TPSA) is 41.3 Å². The number of nitrogens with one attached hydrogen (secondary N) is 1. The number of pyridine rings is 1. The molecule has 0 saturated carbocycles. The summed E-state index contributed by atoms with van der Waals surface area (Å²) in [4.78, 5) is 6.79. The number of hydrogen-bond donors (Lipinski definition) is 1. The molecule has 0 unspecified atom stereocenters. The van der Waals surface area contributed by atoms with Crippen molar-refractivity contribution in [1.82, 2.24) is 10.3 Å². The van der Waals surface area contributed by atoms with Crippen molar-refractivity contribution in [3.05, 3.63) is 24.6 Å². The summed E-state index contributed by atoms with van der Waals surface area (Å²) in [5, 5.41) is 4.54. The van der Waals surface area contributed by atoms with Gasteiger partial charge in [-0.3, -0.25) is 0 Å².